The van der Waals surface area contributed by atoms with Crippen molar-refractivity contribution in [3.8, 4) is 11.1 Å². The molecule has 5 nitrogen and oxygen atoms in total. The zero-order valence-corrected chi connectivity index (χ0v) is 15.8. The minimum absolute atomic E-state index is 0.228. The number of nitrogens with one attached hydrogen (secondary N) is 2. The van der Waals surface area contributed by atoms with Gasteiger partial charge in [-0.25, -0.2) is 8.78 Å². The Balaban J connectivity index is 1.48. The van der Waals surface area contributed by atoms with Crippen molar-refractivity contribution in [1.29, 1.82) is 0 Å². The van der Waals surface area contributed by atoms with E-state index in [1.807, 2.05) is 4.90 Å². The number of H-pyrrole nitrogens is 1. The van der Waals surface area contributed by atoms with Crippen molar-refractivity contribution in [1.82, 2.24) is 4.98 Å². The summed E-state index contributed by atoms with van der Waals surface area (Å²) in [6, 6.07) is 12.8. The van der Waals surface area contributed by atoms with Gasteiger partial charge in [0, 0.05) is 37.1 Å². The Hall–Kier alpha value is -3.19. The van der Waals surface area contributed by atoms with E-state index in [9.17, 15) is 13.6 Å². The molecule has 1 aromatic heterocycles. The Morgan fingerprint density at radius 3 is 2.48 bits per heavy atom. The monoisotopic (exact) mass is 397 g/mol. The van der Waals surface area contributed by atoms with Gasteiger partial charge in [0.1, 0.15) is 11.6 Å². The number of rotatable bonds is 5. The van der Waals surface area contributed by atoms with Crippen LogP contribution in [0.25, 0.3) is 11.1 Å². The van der Waals surface area contributed by atoms with Gasteiger partial charge in [-0.3, -0.25) is 4.79 Å². The summed E-state index contributed by atoms with van der Waals surface area (Å²) in [4.78, 5) is 16.8. The van der Waals surface area contributed by atoms with Crippen molar-refractivity contribution < 1.29 is 13.5 Å². The van der Waals surface area contributed by atoms with E-state index in [4.69, 9.17) is 4.74 Å². The molecule has 1 saturated heterocycles. The zero-order chi connectivity index (χ0) is 20.2. The third-order valence-electron chi connectivity index (χ3n) is 4.94. The molecule has 0 saturated carbocycles. The number of hydrogen-bond acceptors (Lipinski definition) is 4. The number of anilines is 2. The summed E-state index contributed by atoms with van der Waals surface area (Å²) in [5.74, 6) is -0.631. The number of halogens is 2. The number of benzene rings is 2. The Morgan fingerprint density at radius 2 is 1.76 bits per heavy atom. The maximum Gasteiger partial charge on any atom is 0.252 e. The van der Waals surface area contributed by atoms with Gasteiger partial charge < -0.3 is 19.9 Å². The van der Waals surface area contributed by atoms with Crippen LogP contribution in [0.15, 0.2) is 59.5 Å². The first-order chi connectivity index (χ1) is 14.1. The standard InChI is InChI=1S/C22H21F2N3O2/c23-18-3-1-15(2-4-18)16-11-17(22(28)26-13-16)14-25-19-5-6-21(20(24)12-19)27-7-9-29-10-8-27/h1-6,11-13,25H,7-10,14H2,(H,26,28). The normalized spacial score (nSPS) is 14.1. The molecular weight excluding hydrogens is 376 g/mol. The lowest BCUT2D eigenvalue weighted by atomic mass is 10.1. The van der Waals surface area contributed by atoms with Crippen molar-refractivity contribution in [3.63, 3.8) is 0 Å². The lowest BCUT2D eigenvalue weighted by Gasteiger charge is -2.29. The van der Waals surface area contributed by atoms with Crippen LogP contribution in [0.2, 0.25) is 0 Å². The SMILES string of the molecule is O=c1[nH]cc(-c2ccc(F)cc2)cc1CNc1ccc(N2CCOCC2)c(F)c1. The molecule has 2 heterocycles. The predicted molar refractivity (Wildman–Crippen MR) is 109 cm³/mol. The van der Waals surface area contributed by atoms with Gasteiger partial charge in [-0.05, 0) is 47.5 Å². The van der Waals surface area contributed by atoms with Crippen LogP contribution in [0.5, 0.6) is 0 Å². The molecule has 1 aliphatic heterocycles. The molecule has 1 aliphatic rings. The molecule has 0 atom stereocenters. The first-order valence-corrected chi connectivity index (χ1v) is 9.44. The molecule has 0 amide bonds. The molecule has 29 heavy (non-hydrogen) atoms. The van der Waals surface area contributed by atoms with E-state index in [0.717, 1.165) is 11.1 Å². The van der Waals surface area contributed by atoms with E-state index in [1.165, 1.54) is 18.2 Å². The molecule has 7 heteroatoms. The maximum atomic E-state index is 14.5. The minimum atomic E-state index is -0.317. The first-order valence-electron chi connectivity index (χ1n) is 9.44. The van der Waals surface area contributed by atoms with Gasteiger partial charge in [-0.15, -0.1) is 0 Å². The van der Waals surface area contributed by atoms with E-state index in [0.29, 0.717) is 43.2 Å². The summed E-state index contributed by atoms with van der Waals surface area (Å²) in [6.07, 6.45) is 1.59. The summed E-state index contributed by atoms with van der Waals surface area (Å²) >= 11 is 0. The minimum Gasteiger partial charge on any atom is -0.381 e. The Morgan fingerprint density at radius 1 is 1.00 bits per heavy atom. The molecule has 3 aromatic rings. The van der Waals surface area contributed by atoms with Gasteiger partial charge in [-0.2, -0.15) is 0 Å². The van der Waals surface area contributed by atoms with Crippen molar-refractivity contribution >= 4 is 11.4 Å². The molecule has 0 bridgehead atoms. The zero-order valence-electron chi connectivity index (χ0n) is 15.8. The Labute approximate surface area is 166 Å². The lowest BCUT2D eigenvalue weighted by Crippen LogP contribution is -2.36. The van der Waals surface area contributed by atoms with Gasteiger partial charge in [0.05, 0.1) is 18.9 Å². The highest BCUT2D eigenvalue weighted by atomic mass is 19.1. The van der Waals surface area contributed by atoms with Gasteiger partial charge in [0.15, 0.2) is 0 Å². The number of aromatic amines is 1. The average molecular weight is 397 g/mol. The second kappa shape index (κ2) is 8.45. The summed E-state index contributed by atoms with van der Waals surface area (Å²) in [7, 11) is 0. The van der Waals surface area contributed by atoms with Crippen LogP contribution < -0.4 is 15.8 Å². The highest BCUT2D eigenvalue weighted by Crippen LogP contribution is 2.24. The fourth-order valence-corrected chi connectivity index (χ4v) is 3.35. The van der Waals surface area contributed by atoms with Crippen LogP contribution >= 0.6 is 0 Å². The molecule has 0 unspecified atom stereocenters. The van der Waals surface area contributed by atoms with Crippen LogP contribution in [-0.4, -0.2) is 31.3 Å². The fourth-order valence-electron chi connectivity index (χ4n) is 3.35. The van der Waals surface area contributed by atoms with Crippen molar-refractivity contribution in [2.45, 2.75) is 6.54 Å². The molecule has 0 aliphatic carbocycles. The molecule has 2 N–H and O–H groups in total. The maximum absolute atomic E-state index is 14.5. The Bertz CT molecular complexity index is 1040. The van der Waals surface area contributed by atoms with Crippen molar-refractivity contribution in [3.05, 3.63) is 82.3 Å². The van der Waals surface area contributed by atoms with Crippen LogP contribution in [-0.2, 0) is 11.3 Å². The second-order valence-electron chi connectivity index (χ2n) is 6.87. The van der Waals surface area contributed by atoms with E-state index in [1.54, 1.807) is 36.5 Å². The molecule has 0 radical (unpaired) electrons. The van der Waals surface area contributed by atoms with Crippen LogP contribution in [0.4, 0.5) is 20.2 Å². The van der Waals surface area contributed by atoms with Gasteiger partial charge in [0.25, 0.3) is 5.56 Å². The quantitative estimate of drug-likeness (QED) is 0.688. The summed E-state index contributed by atoms with van der Waals surface area (Å²) < 4.78 is 33.0. The number of nitrogens with zero attached hydrogens (tertiary/aromatic N) is 1. The summed E-state index contributed by atoms with van der Waals surface area (Å²) in [5.41, 5.74) is 2.99. The molecule has 150 valence electrons. The lowest BCUT2D eigenvalue weighted by molar-refractivity contribution is 0.122. The molecule has 4 rings (SSSR count). The highest BCUT2D eigenvalue weighted by molar-refractivity contribution is 5.63. The third kappa shape index (κ3) is 4.46. The number of morpholine rings is 1. The van der Waals surface area contributed by atoms with E-state index >= 15 is 0 Å². The number of aromatic nitrogens is 1. The molecule has 2 aromatic carbocycles. The van der Waals surface area contributed by atoms with Gasteiger partial charge in [-0.1, -0.05) is 12.1 Å². The predicted octanol–water partition coefficient (Wildman–Crippen LogP) is 3.77. The highest BCUT2D eigenvalue weighted by Gasteiger charge is 2.15. The first kappa shape index (κ1) is 19.1. The van der Waals surface area contributed by atoms with Crippen molar-refractivity contribution in [2.75, 3.05) is 36.5 Å². The van der Waals surface area contributed by atoms with Crippen LogP contribution in [0, 0.1) is 11.6 Å². The number of ether oxygens (including phenoxy) is 1. The summed E-state index contributed by atoms with van der Waals surface area (Å²) in [5, 5.41) is 3.10. The third-order valence-corrected chi connectivity index (χ3v) is 4.94. The smallest absolute Gasteiger partial charge is 0.252 e. The summed E-state index contributed by atoms with van der Waals surface area (Å²) in [6.45, 7) is 2.74. The van der Waals surface area contributed by atoms with Crippen LogP contribution in [0.1, 0.15) is 5.56 Å². The number of hydrogen-bond donors (Lipinski definition) is 2. The molecular formula is C22H21F2N3O2. The largest absolute Gasteiger partial charge is 0.381 e. The topological polar surface area (TPSA) is 57.4 Å². The van der Waals surface area contributed by atoms with E-state index < -0.39 is 0 Å². The number of pyridine rings is 1. The second-order valence-corrected chi connectivity index (χ2v) is 6.87. The average Bonchev–Trinajstić information content (AvgIpc) is 2.74. The molecule has 1 fully saturated rings. The molecule has 0 spiro atoms. The van der Waals surface area contributed by atoms with E-state index in [-0.39, 0.29) is 23.7 Å². The van der Waals surface area contributed by atoms with Crippen LogP contribution in [0.3, 0.4) is 0 Å². The van der Waals surface area contributed by atoms with Gasteiger partial charge >= 0.3 is 0 Å². The fraction of sp³-hybridized carbons (Fsp3) is 0.227. The van der Waals surface area contributed by atoms with Crippen molar-refractivity contribution in [2.24, 2.45) is 0 Å². The van der Waals surface area contributed by atoms with Gasteiger partial charge in [0.2, 0.25) is 0 Å². The Kier molecular flexibility index (Phi) is 5.57. The van der Waals surface area contributed by atoms with E-state index in [2.05, 4.69) is 10.3 Å².